The summed E-state index contributed by atoms with van der Waals surface area (Å²) in [7, 11) is 0. The van der Waals surface area contributed by atoms with Crippen LogP contribution in [0.2, 0.25) is 0 Å². The molecule has 1 rings (SSSR count). The zero-order valence-electron chi connectivity index (χ0n) is 6.97. The molecule has 0 heterocycles. The number of nitrogens with one attached hydrogen (secondary N) is 1. The number of carboxylic acid groups (broad SMARTS) is 1. The second-order valence-corrected chi connectivity index (χ2v) is 2.62. The molecule has 3 nitrogen and oxygen atoms in total. The summed E-state index contributed by atoms with van der Waals surface area (Å²) >= 11 is 0. The molecule has 4 heteroatoms. The van der Waals surface area contributed by atoms with Gasteiger partial charge in [0, 0.05) is 5.71 Å². The van der Waals surface area contributed by atoms with E-state index in [2.05, 4.69) is 0 Å². The van der Waals surface area contributed by atoms with Gasteiger partial charge in [-0.1, -0.05) is 6.07 Å². The minimum atomic E-state index is -1.30. The van der Waals surface area contributed by atoms with Gasteiger partial charge in [-0.3, -0.25) is 0 Å². The summed E-state index contributed by atoms with van der Waals surface area (Å²) in [5, 5.41) is 15.7. The standard InChI is InChI=1S/C9H8FNO2/c1-5(11)6-2-3-7(9(12)13)8(10)4-6/h2-4,11H,1H3,(H,12,13). The van der Waals surface area contributed by atoms with Gasteiger partial charge in [-0.15, -0.1) is 0 Å². The maximum Gasteiger partial charge on any atom is 0.338 e. The smallest absolute Gasteiger partial charge is 0.338 e. The molecule has 0 aliphatic carbocycles. The van der Waals surface area contributed by atoms with Crippen molar-refractivity contribution < 1.29 is 14.3 Å². The lowest BCUT2D eigenvalue weighted by Gasteiger charge is -2.00. The van der Waals surface area contributed by atoms with E-state index < -0.39 is 11.8 Å². The first-order valence-electron chi connectivity index (χ1n) is 3.60. The highest BCUT2D eigenvalue weighted by Crippen LogP contribution is 2.10. The van der Waals surface area contributed by atoms with E-state index in [0.29, 0.717) is 5.56 Å². The van der Waals surface area contributed by atoms with Crippen LogP contribution in [0.25, 0.3) is 0 Å². The number of benzene rings is 1. The number of carboxylic acids is 1. The molecule has 0 atom stereocenters. The van der Waals surface area contributed by atoms with Crippen LogP contribution in [0.15, 0.2) is 18.2 Å². The third kappa shape index (κ3) is 1.90. The molecule has 1 aromatic rings. The third-order valence-electron chi connectivity index (χ3n) is 1.63. The van der Waals surface area contributed by atoms with Crippen molar-refractivity contribution in [1.82, 2.24) is 0 Å². The summed E-state index contributed by atoms with van der Waals surface area (Å²) in [6.07, 6.45) is 0. The van der Waals surface area contributed by atoms with Gasteiger partial charge in [0.25, 0.3) is 0 Å². The molecule has 0 aliphatic heterocycles. The predicted octanol–water partition coefficient (Wildman–Crippen LogP) is 1.91. The summed E-state index contributed by atoms with van der Waals surface area (Å²) in [6, 6.07) is 3.62. The summed E-state index contributed by atoms with van der Waals surface area (Å²) in [5.74, 6) is -2.11. The number of hydrogen-bond acceptors (Lipinski definition) is 2. The van der Waals surface area contributed by atoms with Gasteiger partial charge in [-0.05, 0) is 24.6 Å². The lowest BCUT2D eigenvalue weighted by atomic mass is 10.1. The van der Waals surface area contributed by atoms with E-state index in [-0.39, 0.29) is 11.3 Å². The highest BCUT2D eigenvalue weighted by molar-refractivity contribution is 5.97. The number of hydrogen-bond donors (Lipinski definition) is 2. The van der Waals surface area contributed by atoms with Crippen LogP contribution in [0.3, 0.4) is 0 Å². The quantitative estimate of drug-likeness (QED) is 0.684. The Morgan fingerprint density at radius 3 is 2.54 bits per heavy atom. The molecule has 0 bridgehead atoms. The number of aromatic carboxylic acids is 1. The van der Waals surface area contributed by atoms with Crippen molar-refractivity contribution in [3.63, 3.8) is 0 Å². The average Bonchev–Trinajstić information content (AvgIpc) is 2.03. The molecule has 1 aromatic carbocycles. The lowest BCUT2D eigenvalue weighted by Crippen LogP contribution is -2.02. The first-order valence-corrected chi connectivity index (χ1v) is 3.60. The van der Waals surface area contributed by atoms with E-state index in [1.54, 1.807) is 0 Å². The van der Waals surface area contributed by atoms with Crippen molar-refractivity contribution in [2.24, 2.45) is 0 Å². The van der Waals surface area contributed by atoms with Crippen molar-refractivity contribution in [2.75, 3.05) is 0 Å². The SMILES string of the molecule is CC(=N)c1ccc(C(=O)O)c(F)c1. The van der Waals surface area contributed by atoms with E-state index in [4.69, 9.17) is 10.5 Å². The van der Waals surface area contributed by atoms with Gasteiger partial charge >= 0.3 is 5.97 Å². The first kappa shape index (κ1) is 9.38. The van der Waals surface area contributed by atoms with Crippen LogP contribution in [0.4, 0.5) is 4.39 Å². The second-order valence-electron chi connectivity index (χ2n) is 2.62. The Balaban J connectivity index is 3.20. The van der Waals surface area contributed by atoms with Crippen LogP contribution < -0.4 is 0 Å². The number of carbonyl (C=O) groups is 1. The van der Waals surface area contributed by atoms with E-state index in [9.17, 15) is 9.18 Å². The highest BCUT2D eigenvalue weighted by atomic mass is 19.1. The van der Waals surface area contributed by atoms with Gasteiger partial charge in [-0.2, -0.15) is 0 Å². The monoisotopic (exact) mass is 181 g/mol. The van der Waals surface area contributed by atoms with Crippen molar-refractivity contribution in [3.8, 4) is 0 Å². The maximum absolute atomic E-state index is 13.0. The van der Waals surface area contributed by atoms with Crippen molar-refractivity contribution in [3.05, 3.63) is 35.1 Å². The van der Waals surface area contributed by atoms with Gasteiger partial charge in [0.1, 0.15) is 5.82 Å². The fourth-order valence-corrected chi connectivity index (χ4v) is 0.922. The van der Waals surface area contributed by atoms with Gasteiger partial charge in [0.2, 0.25) is 0 Å². The topological polar surface area (TPSA) is 61.2 Å². The van der Waals surface area contributed by atoms with Crippen LogP contribution in [0, 0.1) is 11.2 Å². The fraction of sp³-hybridized carbons (Fsp3) is 0.111. The fourth-order valence-electron chi connectivity index (χ4n) is 0.922. The van der Waals surface area contributed by atoms with E-state index in [1.807, 2.05) is 0 Å². The molecule has 0 radical (unpaired) electrons. The number of halogens is 1. The molecule has 0 amide bonds. The minimum Gasteiger partial charge on any atom is -0.478 e. The zero-order chi connectivity index (χ0) is 10.0. The molecule has 68 valence electrons. The molecule has 13 heavy (non-hydrogen) atoms. The van der Waals surface area contributed by atoms with Gasteiger partial charge in [0.05, 0.1) is 5.56 Å². The Bertz CT molecular complexity index is 374. The molecule has 0 aliphatic rings. The lowest BCUT2D eigenvalue weighted by molar-refractivity contribution is 0.0692. The largest absolute Gasteiger partial charge is 0.478 e. The summed E-state index contributed by atoms with van der Waals surface area (Å²) in [5.41, 5.74) is 0.225. The van der Waals surface area contributed by atoms with Crippen molar-refractivity contribution in [1.29, 1.82) is 5.41 Å². The summed E-state index contributed by atoms with van der Waals surface area (Å²) in [6.45, 7) is 1.51. The first-order chi connectivity index (χ1) is 6.02. The van der Waals surface area contributed by atoms with Crippen molar-refractivity contribution in [2.45, 2.75) is 6.92 Å². The Hall–Kier alpha value is -1.71. The molecular formula is C9H8FNO2. The Morgan fingerprint density at radius 2 is 2.15 bits per heavy atom. The Kier molecular flexibility index (Phi) is 2.41. The number of rotatable bonds is 2. The van der Waals surface area contributed by atoms with Gasteiger partial charge < -0.3 is 10.5 Å². The molecule has 0 aromatic heterocycles. The highest BCUT2D eigenvalue weighted by Gasteiger charge is 2.10. The maximum atomic E-state index is 13.0. The molecule has 0 saturated carbocycles. The normalized spacial score (nSPS) is 9.69. The molecule has 0 fully saturated rings. The van der Waals surface area contributed by atoms with E-state index >= 15 is 0 Å². The molecule has 0 unspecified atom stereocenters. The van der Waals surface area contributed by atoms with Crippen molar-refractivity contribution >= 4 is 11.7 Å². The Morgan fingerprint density at radius 1 is 1.54 bits per heavy atom. The van der Waals surface area contributed by atoms with Crippen LogP contribution >= 0.6 is 0 Å². The van der Waals surface area contributed by atoms with Gasteiger partial charge in [-0.25, -0.2) is 9.18 Å². The molecule has 0 saturated heterocycles. The summed E-state index contributed by atoms with van der Waals surface area (Å²) in [4.78, 5) is 10.4. The molecular weight excluding hydrogens is 173 g/mol. The Labute approximate surface area is 74.3 Å². The van der Waals surface area contributed by atoms with Crippen LogP contribution in [-0.4, -0.2) is 16.8 Å². The minimum absolute atomic E-state index is 0.204. The third-order valence-corrected chi connectivity index (χ3v) is 1.63. The van der Waals surface area contributed by atoms with Crippen LogP contribution in [0.1, 0.15) is 22.8 Å². The van der Waals surface area contributed by atoms with E-state index in [0.717, 1.165) is 12.1 Å². The van der Waals surface area contributed by atoms with Gasteiger partial charge in [0.15, 0.2) is 0 Å². The second kappa shape index (κ2) is 3.35. The average molecular weight is 181 g/mol. The molecule has 2 N–H and O–H groups in total. The molecule has 0 spiro atoms. The predicted molar refractivity (Wildman–Crippen MR) is 45.9 cm³/mol. The van der Waals surface area contributed by atoms with Crippen LogP contribution in [0.5, 0.6) is 0 Å². The van der Waals surface area contributed by atoms with E-state index in [1.165, 1.54) is 13.0 Å². The summed E-state index contributed by atoms with van der Waals surface area (Å²) < 4.78 is 13.0. The zero-order valence-corrected chi connectivity index (χ0v) is 6.97. The van der Waals surface area contributed by atoms with Crippen LogP contribution in [-0.2, 0) is 0 Å².